The molecule has 0 aliphatic carbocycles. The summed E-state index contributed by atoms with van der Waals surface area (Å²) in [6.07, 6.45) is -9.18. The molecule has 0 fully saturated rings. The number of halogens is 9. The molecule has 40 heavy (non-hydrogen) atoms. The van der Waals surface area contributed by atoms with Gasteiger partial charge in [0.25, 0.3) is 23.2 Å². The van der Waals surface area contributed by atoms with Crippen molar-refractivity contribution in [3.63, 3.8) is 0 Å². The molecule has 0 unspecified atom stereocenters. The van der Waals surface area contributed by atoms with Crippen LogP contribution in [0.1, 0.15) is 11.8 Å². The molecule has 0 atom stereocenters. The lowest BCUT2D eigenvalue weighted by molar-refractivity contribution is -0.685. The Morgan fingerprint density at radius 2 is 0.925 bits per heavy atom. The number of oxazole rings is 2. The van der Waals surface area contributed by atoms with Gasteiger partial charge in [-0.05, 0) is 48.5 Å². The predicted octanol–water partition coefficient (Wildman–Crippen LogP) is 3.71. The minimum absolute atomic E-state index is 0.166. The van der Waals surface area contributed by atoms with Crippen molar-refractivity contribution in [2.24, 2.45) is 14.1 Å². The highest BCUT2D eigenvalue weighted by Crippen LogP contribution is 2.34. The van der Waals surface area contributed by atoms with Crippen LogP contribution in [0.3, 0.4) is 0 Å². The molecular formula is C22H18BCl2F7N4O4. The summed E-state index contributed by atoms with van der Waals surface area (Å²) in [4.78, 5) is 0. The number of benzene rings is 2. The predicted molar refractivity (Wildman–Crippen MR) is 126 cm³/mol. The van der Waals surface area contributed by atoms with Crippen LogP contribution in [-0.2, 0) is 26.4 Å². The summed E-state index contributed by atoms with van der Waals surface area (Å²) >= 11 is 11.4. The van der Waals surface area contributed by atoms with Gasteiger partial charge < -0.3 is 34.7 Å². The van der Waals surface area contributed by atoms with Gasteiger partial charge in [-0.15, -0.1) is 0 Å². The van der Waals surface area contributed by atoms with E-state index in [-0.39, 0.29) is 23.2 Å². The summed E-state index contributed by atoms with van der Waals surface area (Å²) in [5.74, 6) is -2.87. The largest absolute Gasteiger partial charge is 0.867 e. The third kappa shape index (κ3) is 8.27. The highest BCUT2D eigenvalue weighted by Gasteiger charge is 2.48. The first-order valence-corrected chi connectivity index (χ1v) is 11.3. The minimum Gasteiger partial charge on any atom is -0.867 e. The Balaban J connectivity index is 0.000000247. The van der Waals surface area contributed by atoms with E-state index in [9.17, 15) is 30.7 Å². The van der Waals surface area contributed by atoms with Crippen molar-refractivity contribution in [3.8, 4) is 22.5 Å². The molecule has 0 saturated carbocycles. The maximum absolute atomic E-state index is 12.6. The quantitative estimate of drug-likeness (QED) is 0.200. The van der Waals surface area contributed by atoms with Crippen LogP contribution in [0.25, 0.3) is 22.5 Å². The van der Waals surface area contributed by atoms with Gasteiger partial charge in [-0.3, -0.25) is 0 Å². The molecule has 4 aromatic rings. The van der Waals surface area contributed by atoms with Crippen LogP contribution < -0.4 is 30.6 Å². The van der Waals surface area contributed by atoms with Crippen molar-refractivity contribution in [2.45, 2.75) is 12.4 Å². The molecule has 0 radical (unpaired) electrons. The number of hydrogen-bond acceptors (Lipinski definition) is 6. The van der Waals surface area contributed by atoms with Gasteiger partial charge in [-0.2, -0.15) is 35.5 Å². The lowest BCUT2D eigenvalue weighted by atomic mass is 10.1. The standard InChI is InChI=1S/2C11H9ClF3N2O.BFO2/c2*1-17-8(6-2-4-7(12)5-3-6)9(16)18-10(17)11(13,14)15;2-1(3)4/h2*2-5H,16H2,1H3;/q2*+1;-2. The van der Waals surface area contributed by atoms with E-state index in [4.69, 9.17) is 44.7 Å². The Kier molecular flexibility index (Phi) is 10.5. The number of alkyl halides is 6. The van der Waals surface area contributed by atoms with Crippen molar-refractivity contribution in [1.82, 2.24) is 0 Å². The van der Waals surface area contributed by atoms with Crippen LogP contribution in [-0.4, -0.2) is 7.40 Å². The highest BCUT2D eigenvalue weighted by molar-refractivity contribution is 6.31. The molecular weight excluding hydrogens is 599 g/mol. The Morgan fingerprint density at radius 1 is 0.675 bits per heavy atom. The number of nitrogens with two attached hydrogens (primary N) is 2. The Hall–Kier alpha value is -3.47. The van der Waals surface area contributed by atoms with Gasteiger partial charge in [0.05, 0.1) is 11.1 Å². The highest BCUT2D eigenvalue weighted by atomic mass is 35.5. The summed E-state index contributed by atoms with van der Waals surface area (Å²) in [7, 11) is -0.681. The van der Waals surface area contributed by atoms with Crippen LogP contribution in [0.2, 0.25) is 10.0 Å². The summed E-state index contributed by atoms with van der Waals surface area (Å²) in [6, 6.07) is 12.6. The third-order valence-corrected chi connectivity index (χ3v) is 5.38. The van der Waals surface area contributed by atoms with Crippen LogP contribution in [0.4, 0.5) is 42.4 Å². The lowest BCUT2D eigenvalue weighted by Gasteiger charge is -2.09. The molecule has 0 aliphatic heterocycles. The Morgan fingerprint density at radius 3 is 1.12 bits per heavy atom. The van der Waals surface area contributed by atoms with Gasteiger partial charge in [0, 0.05) is 10.0 Å². The first kappa shape index (κ1) is 32.7. The molecule has 8 nitrogen and oxygen atoms in total. The van der Waals surface area contributed by atoms with E-state index in [0.717, 1.165) is 9.13 Å². The molecule has 18 heteroatoms. The lowest BCUT2D eigenvalue weighted by Crippen LogP contribution is -2.39. The second-order valence-electron chi connectivity index (χ2n) is 7.64. The van der Waals surface area contributed by atoms with Gasteiger partial charge >= 0.3 is 24.1 Å². The smallest absolute Gasteiger partial charge is 0.517 e. The zero-order chi connectivity index (χ0) is 30.6. The molecule has 0 aliphatic rings. The molecule has 0 saturated heterocycles. The van der Waals surface area contributed by atoms with Crippen LogP contribution in [0, 0.1) is 0 Å². The molecule has 2 aromatic heterocycles. The fourth-order valence-corrected chi connectivity index (χ4v) is 3.61. The van der Waals surface area contributed by atoms with Gasteiger partial charge in [-0.25, -0.2) is 0 Å². The van der Waals surface area contributed by atoms with E-state index in [1.807, 2.05) is 0 Å². The zero-order valence-electron chi connectivity index (χ0n) is 20.3. The average molecular weight is 617 g/mol. The molecule has 2 aromatic carbocycles. The first-order chi connectivity index (χ1) is 18.3. The Labute approximate surface area is 231 Å². The van der Waals surface area contributed by atoms with Crippen LogP contribution in [0.5, 0.6) is 0 Å². The number of nitrogen functional groups attached to an aromatic ring is 2. The number of aromatic nitrogens is 2. The summed E-state index contributed by atoms with van der Waals surface area (Å²) in [6.45, 7) is 0. The van der Waals surface area contributed by atoms with Gasteiger partial charge in [0.2, 0.25) is 0 Å². The van der Waals surface area contributed by atoms with Crippen molar-refractivity contribution in [2.75, 3.05) is 11.5 Å². The summed E-state index contributed by atoms with van der Waals surface area (Å²) in [5.41, 5.74) is 12.3. The van der Waals surface area contributed by atoms with Gasteiger partial charge in [-0.1, -0.05) is 23.2 Å². The van der Waals surface area contributed by atoms with Crippen molar-refractivity contribution >= 4 is 42.4 Å². The van der Waals surface area contributed by atoms with Gasteiger partial charge in [0.15, 0.2) is 0 Å². The summed E-state index contributed by atoms with van der Waals surface area (Å²) < 4.78 is 96.6. The molecule has 4 N–H and O–H groups in total. The third-order valence-electron chi connectivity index (χ3n) is 4.88. The summed E-state index contributed by atoms with van der Waals surface area (Å²) in [5, 5.41) is 17.6. The molecule has 0 bridgehead atoms. The van der Waals surface area contributed by atoms with Crippen LogP contribution in [0.15, 0.2) is 57.4 Å². The van der Waals surface area contributed by atoms with Crippen molar-refractivity contribution < 1.29 is 58.7 Å². The van der Waals surface area contributed by atoms with E-state index in [0.29, 0.717) is 21.2 Å². The van der Waals surface area contributed by atoms with E-state index in [2.05, 4.69) is 8.83 Å². The number of anilines is 2. The molecule has 0 amide bonds. The molecule has 0 spiro atoms. The number of nitrogens with zero attached hydrogens (tertiary/aromatic N) is 2. The second-order valence-corrected chi connectivity index (χ2v) is 8.51. The maximum atomic E-state index is 12.6. The number of hydrogen-bond donors (Lipinski definition) is 2. The van der Waals surface area contributed by atoms with Crippen molar-refractivity contribution in [1.29, 1.82) is 0 Å². The van der Waals surface area contributed by atoms with E-state index in [1.54, 1.807) is 48.5 Å². The zero-order valence-corrected chi connectivity index (χ0v) is 21.8. The van der Waals surface area contributed by atoms with E-state index >= 15 is 0 Å². The van der Waals surface area contributed by atoms with E-state index in [1.165, 1.54) is 14.1 Å². The SMILES string of the molecule is C[n+]1c(C(F)(F)F)oc(N)c1-c1ccc(Cl)cc1.C[n+]1c(C(F)(F)F)oc(N)c1-c1ccc(Cl)cc1.[O-]B([O-])F. The van der Waals surface area contributed by atoms with Crippen molar-refractivity contribution in [3.05, 3.63) is 70.4 Å². The van der Waals surface area contributed by atoms with Gasteiger partial charge in [0.1, 0.15) is 21.5 Å². The maximum Gasteiger partial charge on any atom is 0.517 e. The molecule has 216 valence electrons. The normalized spacial score (nSPS) is 11.3. The first-order valence-electron chi connectivity index (χ1n) is 10.5. The fraction of sp³-hybridized carbons (Fsp3) is 0.182. The van der Waals surface area contributed by atoms with Crippen LogP contribution >= 0.6 is 23.2 Å². The molecule has 4 rings (SSSR count). The topological polar surface area (TPSA) is 132 Å². The molecule has 2 heterocycles. The van der Waals surface area contributed by atoms with E-state index < -0.39 is 31.5 Å². The average Bonchev–Trinajstić information content (AvgIpc) is 3.30. The Bertz CT molecular complexity index is 1320. The minimum atomic E-state index is -4.59. The second kappa shape index (κ2) is 12.8. The fourth-order valence-electron chi connectivity index (χ4n) is 3.36. The monoisotopic (exact) mass is 616 g/mol. The number of rotatable bonds is 2.